The maximum absolute atomic E-state index is 11.8. The van der Waals surface area contributed by atoms with Crippen molar-refractivity contribution in [3.05, 3.63) is 48.3 Å². The number of carbonyl (C=O) groups excluding carboxylic acids is 1. The van der Waals surface area contributed by atoms with Crippen molar-refractivity contribution in [1.29, 1.82) is 0 Å². The number of esters is 1. The van der Waals surface area contributed by atoms with Crippen LogP contribution in [0.25, 0.3) is 11.3 Å². The van der Waals surface area contributed by atoms with E-state index in [1.165, 1.54) is 7.11 Å². The lowest BCUT2D eigenvalue weighted by atomic mass is 10.1. The molecule has 1 aromatic carbocycles. The number of methoxy groups -OCH3 is 1. The first-order valence-electron chi connectivity index (χ1n) is 7.04. The van der Waals surface area contributed by atoms with Crippen LogP contribution >= 0.6 is 12.4 Å². The van der Waals surface area contributed by atoms with Gasteiger partial charge in [0.1, 0.15) is 6.61 Å². The minimum atomic E-state index is -0.563. The third-order valence-corrected chi connectivity index (χ3v) is 2.77. The number of benzene rings is 1. The van der Waals surface area contributed by atoms with Crippen LogP contribution in [-0.2, 0) is 4.74 Å². The predicted molar refractivity (Wildman–Crippen MR) is 91.5 cm³/mol. The quantitative estimate of drug-likeness (QED) is 0.651. The Hall–Kier alpha value is -2.91. The summed E-state index contributed by atoms with van der Waals surface area (Å²) in [6.07, 6.45) is 3.17. The molecular weight excluding hydrogens is 350 g/mol. The lowest BCUT2D eigenvalue weighted by molar-refractivity contribution is 0.0597. The number of halogens is 1. The monoisotopic (exact) mass is 367 g/mol. The molecule has 25 heavy (non-hydrogen) atoms. The predicted octanol–water partition coefficient (Wildman–Crippen LogP) is 1.69. The molecule has 0 spiro atoms. The summed E-state index contributed by atoms with van der Waals surface area (Å²) in [5.41, 5.74) is 6.24. The standard InChI is InChI=1S/C13H14N2O4.C2H3N3.ClH/c1-17-13(16)10-11(9-5-3-2-4-6-9)19-15-12(10)18-8-7-14;1-2-4-5-3-1;/h2-6H,7-8,14H2,1H3;1-2H,(H,3,4,5);1H. The largest absolute Gasteiger partial charge is 0.474 e. The van der Waals surface area contributed by atoms with Gasteiger partial charge < -0.3 is 19.7 Å². The number of H-pyrrole nitrogens is 1. The highest BCUT2D eigenvalue weighted by atomic mass is 35.5. The van der Waals surface area contributed by atoms with Gasteiger partial charge in [0.05, 0.1) is 19.5 Å². The Morgan fingerprint density at radius 2 is 1.92 bits per heavy atom. The van der Waals surface area contributed by atoms with Crippen LogP contribution < -0.4 is 10.5 Å². The number of nitrogens with two attached hydrogens (primary N) is 1. The van der Waals surface area contributed by atoms with Crippen molar-refractivity contribution in [2.24, 2.45) is 5.73 Å². The molecule has 0 aliphatic heterocycles. The molecule has 2 heterocycles. The van der Waals surface area contributed by atoms with Gasteiger partial charge in [-0.15, -0.1) is 12.4 Å². The van der Waals surface area contributed by atoms with Gasteiger partial charge in [-0.1, -0.05) is 30.3 Å². The zero-order valence-corrected chi connectivity index (χ0v) is 14.2. The molecule has 0 fully saturated rings. The van der Waals surface area contributed by atoms with Gasteiger partial charge >= 0.3 is 5.97 Å². The highest BCUT2D eigenvalue weighted by Gasteiger charge is 2.26. The number of aromatic amines is 1. The van der Waals surface area contributed by atoms with Gasteiger partial charge in [0, 0.05) is 12.1 Å². The highest BCUT2D eigenvalue weighted by molar-refractivity contribution is 5.97. The van der Waals surface area contributed by atoms with Crippen molar-refractivity contribution in [3.8, 4) is 17.2 Å². The van der Waals surface area contributed by atoms with Crippen LogP contribution in [0.3, 0.4) is 0 Å². The zero-order valence-electron chi connectivity index (χ0n) is 13.4. The topological polar surface area (TPSA) is 129 Å². The maximum Gasteiger partial charge on any atom is 0.347 e. The van der Waals surface area contributed by atoms with E-state index in [1.54, 1.807) is 24.5 Å². The lowest BCUT2D eigenvalue weighted by Crippen LogP contribution is -2.13. The molecule has 0 aliphatic rings. The zero-order chi connectivity index (χ0) is 17.2. The molecule has 0 unspecified atom stereocenters. The Kier molecular flexibility index (Phi) is 8.69. The van der Waals surface area contributed by atoms with Gasteiger partial charge in [0.15, 0.2) is 11.3 Å². The molecule has 9 nitrogen and oxygen atoms in total. The number of hydrogen-bond acceptors (Lipinski definition) is 8. The van der Waals surface area contributed by atoms with E-state index in [0.717, 1.165) is 5.56 Å². The third kappa shape index (κ3) is 5.59. The molecule has 0 atom stereocenters. The SMILES string of the molecule is COC(=O)c1c(OCCN)noc1-c1ccccc1.Cl.c1cn[nH]n1. The molecule has 0 radical (unpaired) electrons. The van der Waals surface area contributed by atoms with Gasteiger partial charge in [0.2, 0.25) is 0 Å². The van der Waals surface area contributed by atoms with Crippen molar-refractivity contribution >= 4 is 18.4 Å². The Morgan fingerprint density at radius 3 is 2.44 bits per heavy atom. The van der Waals surface area contributed by atoms with Gasteiger partial charge in [-0.05, 0) is 5.16 Å². The molecule has 134 valence electrons. The van der Waals surface area contributed by atoms with Gasteiger partial charge in [-0.2, -0.15) is 15.4 Å². The highest BCUT2D eigenvalue weighted by Crippen LogP contribution is 2.31. The van der Waals surface area contributed by atoms with Crippen LogP contribution in [0.4, 0.5) is 0 Å². The molecule has 0 saturated carbocycles. The second-order valence-corrected chi connectivity index (χ2v) is 4.34. The number of nitrogens with one attached hydrogen (secondary N) is 1. The fraction of sp³-hybridized carbons (Fsp3) is 0.200. The maximum atomic E-state index is 11.8. The second kappa shape index (κ2) is 10.8. The number of aromatic nitrogens is 4. The van der Waals surface area contributed by atoms with E-state index >= 15 is 0 Å². The fourth-order valence-corrected chi connectivity index (χ4v) is 1.76. The molecule has 0 aliphatic carbocycles. The van der Waals surface area contributed by atoms with E-state index in [4.69, 9.17) is 19.7 Å². The Labute approximate surface area is 149 Å². The summed E-state index contributed by atoms with van der Waals surface area (Å²) in [5, 5.41) is 13.1. The minimum absolute atomic E-state index is 0. The van der Waals surface area contributed by atoms with Crippen molar-refractivity contribution < 1.29 is 18.8 Å². The van der Waals surface area contributed by atoms with Crippen LogP contribution in [0, 0.1) is 0 Å². The molecule has 2 aromatic heterocycles. The van der Waals surface area contributed by atoms with Crippen molar-refractivity contribution in [2.75, 3.05) is 20.3 Å². The summed E-state index contributed by atoms with van der Waals surface area (Å²) in [7, 11) is 1.29. The van der Waals surface area contributed by atoms with Crippen molar-refractivity contribution in [3.63, 3.8) is 0 Å². The number of hydrogen-bond donors (Lipinski definition) is 2. The van der Waals surface area contributed by atoms with Crippen LogP contribution in [0.2, 0.25) is 0 Å². The average molecular weight is 368 g/mol. The number of ether oxygens (including phenoxy) is 2. The normalized spacial score (nSPS) is 9.36. The Balaban J connectivity index is 0.000000448. The van der Waals surface area contributed by atoms with Gasteiger partial charge in [-0.25, -0.2) is 4.79 Å². The van der Waals surface area contributed by atoms with E-state index < -0.39 is 5.97 Å². The Bertz CT molecular complexity index is 717. The summed E-state index contributed by atoms with van der Waals surface area (Å²) in [6.45, 7) is 0.554. The molecule has 10 heteroatoms. The van der Waals surface area contributed by atoms with E-state index in [2.05, 4.69) is 20.6 Å². The Morgan fingerprint density at radius 1 is 1.24 bits per heavy atom. The summed E-state index contributed by atoms with van der Waals surface area (Å²) < 4.78 is 15.2. The van der Waals surface area contributed by atoms with Gasteiger partial charge in [-0.3, -0.25) is 0 Å². The first-order valence-corrected chi connectivity index (χ1v) is 7.04. The third-order valence-electron chi connectivity index (χ3n) is 2.77. The van der Waals surface area contributed by atoms with Crippen LogP contribution in [0.1, 0.15) is 10.4 Å². The van der Waals surface area contributed by atoms with Gasteiger partial charge in [0.25, 0.3) is 5.88 Å². The number of carbonyl (C=O) groups is 1. The summed E-state index contributed by atoms with van der Waals surface area (Å²) in [5.74, 6) is -0.150. The summed E-state index contributed by atoms with van der Waals surface area (Å²) in [6, 6.07) is 9.14. The molecule has 0 saturated heterocycles. The summed E-state index contributed by atoms with van der Waals surface area (Å²) in [4.78, 5) is 11.8. The lowest BCUT2D eigenvalue weighted by Gasteiger charge is -2.03. The molecule has 0 amide bonds. The number of nitrogens with zero attached hydrogens (tertiary/aromatic N) is 3. The molecule has 3 rings (SSSR count). The van der Waals surface area contributed by atoms with E-state index in [9.17, 15) is 4.79 Å². The minimum Gasteiger partial charge on any atom is -0.474 e. The molecule has 3 aromatic rings. The van der Waals surface area contributed by atoms with Crippen LogP contribution in [0.5, 0.6) is 5.88 Å². The van der Waals surface area contributed by atoms with Crippen LogP contribution in [0.15, 0.2) is 47.2 Å². The summed E-state index contributed by atoms with van der Waals surface area (Å²) >= 11 is 0. The molecule has 3 N–H and O–H groups in total. The number of rotatable bonds is 5. The molecule has 0 bridgehead atoms. The van der Waals surface area contributed by atoms with Crippen LogP contribution in [-0.4, -0.2) is 46.8 Å². The smallest absolute Gasteiger partial charge is 0.347 e. The molecular formula is C15H18ClN5O4. The van der Waals surface area contributed by atoms with Crippen molar-refractivity contribution in [2.45, 2.75) is 0 Å². The van der Waals surface area contributed by atoms with E-state index in [-0.39, 0.29) is 30.5 Å². The first kappa shape index (κ1) is 20.1. The average Bonchev–Trinajstić information content (AvgIpc) is 3.33. The van der Waals surface area contributed by atoms with Crippen molar-refractivity contribution in [1.82, 2.24) is 20.6 Å². The first-order chi connectivity index (χ1) is 11.8. The second-order valence-electron chi connectivity index (χ2n) is 4.34. The van der Waals surface area contributed by atoms with E-state index in [0.29, 0.717) is 12.3 Å². The van der Waals surface area contributed by atoms with E-state index in [1.807, 2.05) is 18.2 Å². The fourth-order valence-electron chi connectivity index (χ4n) is 1.76.